The SMILES string of the molecule is CC(C#N)NC(=O)COc1cccc(Cl)c1. The molecule has 0 radical (unpaired) electrons. The molecule has 1 rings (SSSR count). The molecule has 4 nitrogen and oxygen atoms in total. The number of amides is 1. The van der Waals surface area contributed by atoms with Gasteiger partial charge in [0.1, 0.15) is 11.8 Å². The number of hydrogen-bond donors (Lipinski definition) is 1. The quantitative estimate of drug-likeness (QED) is 0.869. The van der Waals surface area contributed by atoms with E-state index in [-0.39, 0.29) is 12.5 Å². The summed E-state index contributed by atoms with van der Waals surface area (Å²) < 4.78 is 5.19. The van der Waals surface area contributed by atoms with Crippen molar-refractivity contribution in [2.75, 3.05) is 6.61 Å². The molecule has 0 fully saturated rings. The molecule has 0 spiro atoms. The van der Waals surface area contributed by atoms with Gasteiger partial charge in [-0.25, -0.2) is 0 Å². The van der Waals surface area contributed by atoms with Crippen molar-refractivity contribution in [2.45, 2.75) is 13.0 Å². The van der Waals surface area contributed by atoms with E-state index in [0.29, 0.717) is 10.8 Å². The van der Waals surface area contributed by atoms with Crippen LogP contribution in [0.5, 0.6) is 5.75 Å². The van der Waals surface area contributed by atoms with Crippen molar-refractivity contribution < 1.29 is 9.53 Å². The average molecular weight is 239 g/mol. The van der Waals surface area contributed by atoms with E-state index in [9.17, 15) is 4.79 Å². The highest BCUT2D eigenvalue weighted by molar-refractivity contribution is 6.30. The molecular weight excluding hydrogens is 228 g/mol. The summed E-state index contributed by atoms with van der Waals surface area (Å²) in [5, 5.41) is 11.5. The number of nitrogens with one attached hydrogen (secondary N) is 1. The minimum absolute atomic E-state index is 0.133. The summed E-state index contributed by atoms with van der Waals surface area (Å²) in [6.07, 6.45) is 0. The van der Waals surface area contributed by atoms with Gasteiger partial charge in [-0.3, -0.25) is 4.79 Å². The van der Waals surface area contributed by atoms with Crippen LogP contribution < -0.4 is 10.1 Å². The van der Waals surface area contributed by atoms with Gasteiger partial charge in [0.25, 0.3) is 5.91 Å². The minimum atomic E-state index is -0.518. The summed E-state index contributed by atoms with van der Waals surface area (Å²) in [6.45, 7) is 1.46. The lowest BCUT2D eigenvalue weighted by molar-refractivity contribution is -0.123. The number of carbonyl (C=O) groups excluding carboxylic acids is 1. The molecule has 1 aromatic rings. The van der Waals surface area contributed by atoms with Crippen LogP contribution in [0.25, 0.3) is 0 Å². The Morgan fingerprint density at radius 2 is 2.44 bits per heavy atom. The van der Waals surface area contributed by atoms with Crippen LogP contribution in [-0.2, 0) is 4.79 Å². The Morgan fingerprint density at radius 3 is 3.06 bits per heavy atom. The van der Waals surface area contributed by atoms with Gasteiger partial charge in [0.2, 0.25) is 0 Å². The summed E-state index contributed by atoms with van der Waals surface area (Å²) in [5.74, 6) is 0.182. The standard InChI is InChI=1S/C11H11ClN2O2/c1-8(6-13)14-11(15)7-16-10-4-2-3-9(12)5-10/h2-5,8H,7H2,1H3,(H,14,15). The first kappa shape index (κ1) is 12.3. The number of rotatable bonds is 4. The first-order valence-corrected chi connectivity index (χ1v) is 5.07. The fraction of sp³-hybridized carbons (Fsp3) is 0.273. The highest BCUT2D eigenvalue weighted by Gasteiger charge is 2.06. The topological polar surface area (TPSA) is 62.1 Å². The monoisotopic (exact) mass is 238 g/mol. The fourth-order valence-corrected chi connectivity index (χ4v) is 1.20. The summed E-state index contributed by atoms with van der Waals surface area (Å²) in [7, 11) is 0. The molecule has 16 heavy (non-hydrogen) atoms. The van der Waals surface area contributed by atoms with Crippen LogP contribution in [0.2, 0.25) is 5.02 Å². The van der Waals surface area contributed by atoms with E-state index in [1.54, 1.807) is 31.2 Å². The summed E-state index contributed by atoms with van der Waals surface area (Å²) in [5.41, 5.74) is 0. The van der Waals surface area contributed by atoms with E-state index in [2.05, 4.69) is 5.32 Å². The smallest absolute Gasteiger partial charge is 0.258 e. The van der Waals surface area contributed by atoms with Crippen molar-refractivity contribution in [3.05, 3.63) is 29.3 Å². The molecule has 0 saturated carbocycles. The molecule has 0 aliphatic heterocycles. The molecule has 1 atom stereocenters. The van der Waals surface area contributed by atoms with Crippen LogP contribution in [0.15, 0.2) is 24.3 Å². The van der Waals surface area contributed by atoms with Gasteiger partial charge in [-0.1, -0.05) is 17.7 Å². The van der Waals surface area contributed by atoms with Crippen molar-refractivity contribution in [1.29, 1.82) is 5.26 Å². The maximum Gasteiger partial charge on any atom is 0.258 e. The molecule has 1 N–H and O–H groups in total. The third kappa shape index (κ3) is 4.20. The van der Waals surface area contributed by atoms with Crippen molar-refractivity contribution in [1.82, 2.24) is 5.32 Å². The van der Waals surface area contributed by atoms with Crippen LogP contribution in [0.1, 0.15) is 6.92 Å². The third-order valence-corrected chi connectivity index (χ3v) is 1.97. The molecule has 0 aromatic heterocycles. The number of nitrogens with zero attached hydrogens (tertiary/aromatic N) is 1. The molecular formula is C11H11ClN2O2. The lowest BCUT2D eigenvalue weighted by Gasteiger charge is -2.08. The van der Waals surface area contributed by atoms with Gasteiger partial charge >= 0.3 is 0 Å². The number of halogens is 1. The van der Waals surface area contributed by atoms with E-state index in [1.165, 1.54) is 0 Å². The number of ether oxygens (including phenoxy) is 1. The van der Waals surface area contributed by atoms with Gasteiger partial charge in [0, 0.05) is 5.02 Å². The van der Waals surface area contributed by atoms with Crippen LogP contribution in [-0.4, -0.2) is 18.6 Å². The maximum absolute atomic E-state index is 11.3. The average Bonchev–Trinajstić information content (AvgIpc) is 2.26. The Kier molecular flexibility index (Phi) is 4.62. The summed E-state index contributed by atoms with van der Waals surface area (Å²) >= 11 is 5.74. The zero-order valence-electron chi connectivity index (χ0n) is 8.74. The molecule has 0 bridgehead atoms. The largest absolute Gasteiger partial charge is 0.484 e. The number of benzene rings is 1. The first-order chi connectivity index (χ1) is 7.61. The number of nitriles is 1. The van der Waals surface area contributed by atoms with E-state index < -0.39 is 6.04 Å². The van der Waals surface area contributed by atoms with Gasteiger partial charge in [-0.2, -0.15) is 5.26 Å². The molecule has 84 valence electrons. The first-order valence-electron chi connectivity index (χ1n) is 4.69. The lowest BCUT2D eigenvalue weighted by atomic mass is 10.3. The maximum atomic E-state index is 11.3. The van der Waals surface area contributed by atoms with Gasteiger partial charge in [0.05, 0.1) is 6.07 Å². The van der Waals surface area contributed by atoms with E-state index in [0.717, 1.165) is 0 Å². The molecule has 1 amide bonds. The molecule has 0 heterocycles. The Labute approximate surface area is 98.8 Å². The van der Waals surface area contributed by atoms with Gasteiger partial charge in [-0.05, 0) is 25.1 Å². The predicted molar refractivity (Wildman–Crippen MR) is 60.2 cm³/mol. The van der Waals surface area contributed by atoms with Gasteiger partial charge in [-0.15, -0.1) is 0 Å². The Morgan fingerprint density at radius 1 is 1.69 bits per heavy atom. The van der Waals surface area contributed by atoms with Crippen molar-refractivity contribution >= 4 is 17.5 Å². The lowest BCUT2D eigenvalue weighted by Crippen LogP contribution is -2.35. The molecule has 5 heteroatoms. The van der Waals surface area contributed by atoms with Gasteiger partial charge in [0.15, 0.2) is 6.61 Å². The predicted octanol–water partition coefficient (Wildman–Crippen LogP) is 1.75. The van der Waals surface area contributed by atoms with Crippen LogP contribution in [0, 0.1) is 11.3 Å². The van der Waals surface area contributed by atoms with Crippen LogP contribution >= 0.6 is 11.6 Å². The second-order valence-electron chi connectivity index (χ2n) is 3.16. The zero-order valence-corrected chi connectivity index (χ0v) is 9.49. The van der Waals surface area contributed by atoms with E-state index in [1.807, 2.05) is 6.07 Å². The second-order valence-corrected chi connectivity index (χ2v) is 3.60. The molecule has 1 unspecified atom stereocenters. The molecule has 0 saturated heterocycles. The van der Waals surface area contributed by atoms with Crippen molar-refractivity contribution in [3.63, 3.8) is 0 Å². The van der Waals surface area contributed by atoms with E-state index in [4.69, 9.17) is 21.6 Å². The molecule has 0 aliphatic rings. The number of carbonyl (C=O) groups is 1. The minimum Gasteiger partial charge on any atom is -0.484 e. The van der Waals surface area contributed by atoms with Crippen LogP contribution in [0.4, 0.5) is 0 Å². The third-order valence-electron chi connectivity index (χ3n) is 1.74. The number of hydrogen-bond acceptors (Lipinski definition) is 3. The summed E-state index contributed by atoms with van der Waals surface area (Å²) in [4.78, 5) is 11.3. The normalized spacial score (nSPS) is 11.3. The molecule has 0 aliphatic carbocycles. The Hall–Kier alpha value is -1.73. The van der Waals surface area contributed by atoms with Crippen molar-refractivity contribution in [2.24, 2.45) is 0 Å². The fourth-order valence-electron chi connectivity index (χ4n) is 1.02. The van der Waals surface area contributed by atoms with Crippen LogP contribution in [0.3, 0.4) is 0 Å². The summed E-state index contributed by atoms with van der Waals surface area (Å²) in [6, 6.07) is 8.14. The molecule has 1 aromatic carbocycles. The van der Waals surface area contributed by atoms with Crippen molar-refractivity contribution in [3.8, 4) is 11.8 Å². The highest BCUT2D eigenvalue weighted by Crippen LogP contribution is 2.16. The Balaban J connectivity index is 2.41. The Bertz CT molecular complexity index is 415. The van der Waals surface area contributed by atoms with Gasteiger partial charge < -0.3 is 10.1 Å². The zero-order chi connectivity index (χ0) is 12.0. The van der Waals surface area contributed by atoms with E-state index >= 15 is 0 Å². The highest BCUT2D eigenvalue weighted by atomic mass is 35.5. The second kappa shape index (κ2) is 5.99.